The molecule has 0 radical (unpaired) electrons. The van der Waals surface area contributed by atoms with Gasteiger partial charge in [0.1, 0.15) is 11.5 Å². The number of hydrogen-bond donors (Lipinski definition) is 0. The van der Waals surface area contributed by atoms with Gasteiger partial charge >= 0.3 is 0 Å². The average Bonchev–Trinajstić information content (AvgIpc) is 2.69. The zero-order valence-electron chi connectivity index (χ0n) is 13.6. The molecule has 2 aromatic heterocycles. The fraction of sp³-hybridized carbons (Fsp3) is 0. The molecule has 0 unspecified atom stereocenters. The van der Waals surface area contributed by atoms with Crippen molar-refractivity contribution in [3.63, 3.8) is 0 Å². The minimum absolute atomic E-state index is 0.242. The maximum Gasteiger partial charge on any atom is 0.243 e. The van der Waals surface area contributed by atoms with Crippen molar-refractivity contribution in [2.24, 2.45) is 0 Å². The molecule has 2 aromatic carbocycles. The van der Waals surface area contributed by atoms with E-state index in [-0.39, 0.29) is 5.56 Å². The maximum absolute atomic E-state index is 14.7. The highest BCUT2D eigenvalue weighted by molar-refractivity contribution is 5.91. The number of nitrogens with zero attached hydrogens (tertiary/aromatic N) is 3. The molecule has 0 aliphatic heterocycles. The van der Waals surface area contributed by atoms with Crippen LogP contribution in [0, 0.1) is 11.8 Å². The van der Waals surface area contributed by atoms with Gasteiger partial charge in [-0.3, -0.25) is 4.98 Å². The standard InChI is InChI=1S/C21H13F2N3/c22-16-10-6-9-15(13-16)20-18(14-7-2-1-3-8-14)19(21(23)26-25-20)17-11-4-5-12-24-17/h1-13H. The number of halogens is 2. The number of benzene rings is 2. The van der Waals surface area contributed by atoms with E-state index in [0.717, 1.165) is 5.56 Å². The summed E-state index contributed by atoms with van der Waals surface area (Å²) in [4.78, 5) is 4.27. The Kier molecular flexibility index (Phi) is 4.19. The molecule has 0 atom stereocenters. The Bertz CT molecular complexity index is 1050. The Morgan fingerprint density at radius 3 is 2.15 bits per heavy atom. The summed E-state index contributed by atoms with van der Waals surface area (Å²) in [5, 5.41) is 7.70. The van der Waals surface area contributed by atoms with Crippen LogP contribution >= 0.6 is 0 Å². The van der Waals surface area contributed by atoms with E-state index in [1.165, 1.54) is 12.1 Å². The highest BCUT2D eigenvalue weighted by Crippen LogP contribution is 2.38. The Balaban J connectivity index is 2.08. The van der Waals surface area contributed by atoms with Gasteiger partial charge in [0.15, 0.2) is 0 Å². The largest absolute Gasteiger partial charge is 0.256 e. The smallest absolute Gasteiger partial charge is 0.243 e. The number of hydrogen-bond acceptors (Lipinski definition) is 3. The quantitative estimate of drug-likeness (QED) is 0.515. The van der Waals surface area contributed by atoms with Crippen molar-refractivity contribution in [2.75, 3.05) is 0 Å². The molecule has 0 fully saturated rings. The van der Waals surface area contributed by atoms with Crippen LogP contribution in [0.15, 0.2) is 79.0 Å². The highest BCUT2D eigenvalue weighted by Gasteiger charge is 2.21. The summed E-state index contributed by atoms with van der Waals surface area (Å²) in [6.45, 7) is 0. The van der Waals surface area contributed by atoms with Gasteiger partial charge in [-0.25, -0.2) is 4.39 Å². The van der Waals surface area contributed by atoms with Gasteiger partial charge in [-0.05, 0) is 29.8 Å². The monoisotopic (exact) mass is 345 g/mol. The number of pyridine rings is 1. The molecule has 0 N–H and O–H groups in total. The van der Waals surface area contributed by atoms with Crippen molar-refractivity contribution >= 4 is 0 Å². The summed E-state index contributed by atoms with van der Waals surface area (Å²) in [5.74, 6) is -1.12. The normalized spacial score (nSPS) is 10.7. The molecule has 2 heterocycles. The predicted octanol–water partition coefficient (Wildman–Crippen LogP) is 5.15. The van der Waals surface area contributed by atoms with E-state index >= 15 is 0 Å². The number of rotatable bonds is 3. The average molecular weight is 345 g/mol. The fourth-order valence-corrected chi connectivity index (χ4v) is 2.88. The third-order valence-electron chi connectivity index (χ3n) is 4.01. The van der Waals surface area contributed by atoms with Gasteiger partial charge in [0, 0.05) is 17.3 Å². The third kappa shape index (κ3) is 2.95. The Labute approximate surface area is 149 Å². The first kappa shape index (κ1) is 16.0. The van der Waals surface area contributed by atoms with E-state index in [9.17, 15) is 8.78 Å². The summed E-state index contributed by atoms with van der Waals surface area (Å²) >= 11 is 0. The van der Waals surface area contributed by atoms with E-state index in [1.54, 1.807) is 36.5 Å². The van der Waals surface area contributed by atoms with Crippen LogP contribution in [0.3, 0.4) is 0 Å². The van der Waals surface area contributed by atoms with Crippen LogP contribution in [-0.4, -0.2) is 15.2 Å². The molecule has 0 aliphatic rings. The van der Waals surface area contributed by atoms with Crippen LogP contribution in [-0.2, 0) is 0 Å². The van der Waals surface area contributed by atoms with Gasteiger partial charge in [-0.15, -0.1) is 10.2 Å². The third-order valence-corrected chi connectivity index (χ3v) is 4.01. The topological polar surface area (TPSA) is 38.7 Å². The second-order valence-electron chi connectivity index (χ2n) is 5.68. The summed E-state index contributed by atoms with van der Waals surface area (Å²) in [5.41, 5.74) is 2.89. The molecule has 0 saturated heterocycles. The summed E-state index contributed by atoms with van der Waals surface area (Å²) < 4.78 is 28.5. The zero-order valence-corrected chi connectivity index (χ0v) is 13.6. The highest BCUT2D eigenvalue weighted by atomic mass is 19.1. The molecule has 3 nitrogen and oxygen atoms in total. The zero-order chi connectivity index (χ0) is 17.9. The molecular formula is C21H13F2N3. The molecule has 126 valence electrons. The lowest BCUT2D eigenvalue weighted by atomic mass is 9.94. The lowest BCUT2D eigenvalue weighted by molar-refractivity contribution is 0.568. The SMILES string of the molecule is Fc1cccc(-c2nnc(F)c(-c3ccccn3)c2-c2ccccc2)c1. The second kappa shape index (κ2) is 6.80. The van der Waals surface area contributed by atoms with E-state index in [1.807, 2.05) is 30.3 Å². The van der Waals surface area contributed by atoms with E-state index in [4.69, 9.17) is 0 Å². The fourth-order valence-electron chi connectivity index (χ4n) is 2.88. The Morgan fingerprint density at radius 2 is 1.42 bits per heavy atom. The van der Waals surface area contributed by atoms with Gasteiger partial charge in [0.05, 0.1) is 11.3 Å². The van der Waals surface area contributed by atoms with Gasteiger partial charge < -0.3 is 0 Å². The van der Waals surface area contributed by atoms with Gasteiger partial charge in [-0.1, -0.05) is 48.5 Å². The summed E-state index contributed by atoms with van der Waals surface area (Å²) in [7, 11) is 0. The lowest BCUT2D eigenvalue weighted by Gasteiger charge is -2.14. The maximum atomic E-state index is 14.7. The van der Waals surface area contributed by atoms with Gasteiger partial charge in [-0.2, -0.15) is 4.39 Å². The van der Waals surface area contributed by atoms with Crippen LogP contribution in [0.4, 0.5) is 8.78 Å². The molecule has 0 saturated carbocycles. The van der Waals surface area contributed by atoms with Crippen LogP contribution < -0.4 is 0 Å². The van der Waals surface area contributed by atoms with E-state index in [2.05, 4.69) is 15.2 Å². The first-order valence-corrected chi connectivity index (χ1v) is 8.03. The molecular weight excluding hydrogens is 332 g/mol. The van der Waals surface area contributed by atoms with Crippen molar-refractivity contribution in [3.05, 3.63) is 90.8 Å². The molecule has 0 amide bonds. The molecule has 4 rings (SSSR count). The minimum atomic E-state index is -0.720. The molecule has 26 heavy (non-hydrogen) atoms. The molecule has 5 heteroatoms. The first-order chi connectivity index (χ1) is 12.7. The molecule has 0 spiro atoms. The lowest BCUT2D eigenvalue weighted by Crippen LogP contribution is -2.02. The van der Waals surface area contributed by atoms with Crippen LogP contribution in [0.25, 0.3) is 33.6 Å². The molecule has 4 aromatic rings. The number of aromatic nitrogens is 3. The van der Waals surface area contributed by atoms with E-state index < -0.39 is 11.8 Å². The molecule has 0 aliphatic carbocycles. The van der Waals surface area contributed by atoms with Crippen molar-refractivity contribution in [1.82, 2.24) is 15.2 Å². The van der Waals surface area contributed by atoms with E-state index in [0.29, 0.717) is 22.5 Å². The summed E-state index contributed by atoms with van der Waals surface area (Å²) in [6, 6.07) is 20.5. The van der Waals surface area contributed by atoms with Crippen molar-refractivity contribution in [2.45, 2.75) is 0 Å². The van der Waals surface area contributed by atoms with Crippen molar-refractivity contribution in [3.8, 4) is 33.6 Å². The predicted molar refractivity (Wildman–Crippen MR) is 96.1 cm³/mol. The second-order valence-corrected chi connectivity index (χ2v) is 5.68. The molecule has 0 bridgehead atoms. The minimum Gasteiger partial charge on any atom is -0.256 e. The Hall–Kier alpha value is -3.47. The first-order valence-electron chi connectivity index (χ1n) is 8.03. The van der Waals surface area contributed by atoms with Crippen LogP contribution in [0.5, 0.6) is 0 Å². The van der Waals surface area contributed by atoms with Crippen LogP contribution in [0.2, 0.25) is 0 Å². The Morgan fingerprint density at radius 1 is 0.654 bits per heavy atom. The van der Waals surface area contributed by atoms with Gasteiger partial charge in [0.25, 0.3) is 0 Å². The van der Waals surface area contributed by atoms with Gasteiger partial charge in [0.2, 0.25) is 5.95 Å². The summed E-state index contributed by atoms with van der Waals surface area (Å²) in [6.07, 6.45) is 1.59. The van der Waals surface area contributed by atoms with Crippen LogP contribution in [0.1, 0.15) is 0 Å². The van der Waals surface area contributed by atoms with Crippen molar-refractivity contribution in [1.29, 1.82) is 0 Å². The van der Waals surface area contributed by atoms with Crippen molar-refractivity contribution < 1.29 is 8.78 Å².